The summed E-state index contributed by atoms with van der Waals surface area (Å²) in [6, 6.07) is 11.0. The molecule has 5 rings (SSSR count). The second kappa shape index (κ2) is 9.09. The molecular formula is C22H21ClN4O4S. The molecular weight excluding hydrogens is 452 g/mol. The smallest absolute Gasteiger partial charge is 0.270 e. The molecule has 2 aromatic carbocycles. The lowest BCUT2D eigenvalue weighted by atomic mass is 10.1. The lowest BCUT2D eigenvalue weighted by Gasteiger charge is -2.21. The van der Waals surface area contributed by atoms with Crippen LogP contribution in [0.2, 0.25) is 5.02 Å². The summed E-state index contributed by atoms with van der Waals surface area (Å²) in [6.45, 7) is 0.432. The first kappa shape index (κ1) is 21.2. The molecule has 0 saturated heterocycles. The van der Waals surface area contributed by atoms with E-state index in [1.54, 1.807) is 6.07 Å². The number of aromatic nitrogens is 3. The lowest BCUT2D eigenvalue weighted by Crippen LogP contribution is -2.13. The van der Waals surface area contributed by atoms with Crippen molar-refractivity contribution in [3.8, 4) is 17.1 Å². The molecule has 0 spiro atoms. The first-order valence-corrected chi connectivity index (χ1v) is 11.8. The Morgan fingerprint density at radius 1 is 1.22 bits per heavy atom. The third-order valence-electron chi connectivity index (χ3n) is 5.81. The number of nitrogens with zero attached hydrogens (tertiary/aromatic N) is 4. The number of ether oxygens (including phenoxy) is 2. The number of non-ortho nitro benzene ring substituents is 1. The maximum Gasteiger partial charge on any atom is 0.270 e. The van der Waals surface area contributed by atoms with E-state index < -0.39 is 0 Å². The van der Waals surface area contributed by atoms with E-state index in [0.717, 1.165) is 34.9 Å². The Labute approximate surface area is 194 Å². The van der Waals surface area contributed by atoms with Gasteiger partial charge in [-0.05, 0) is 25.0 Å². The van der Waals surface area contributed by atoms with E-state index in [0.29, 0.717) is 34.7 Å². The average Bonchev–Trinajstić information content (AvgIpc) is 3.47. The molecule has 0 N–H and O–H groups in total. The molecule has 1 fully saturated rings. The minimum atomic E-state index is -0.389. The largest absolute Gasteiger partial charge is 0.467 e. The minimum absolute atomic E-state index is 0.0301. The van der Waals surface area contributed by atoms with Crippen LogP contribution in [0.1, 0.15) is 42.9 Å². The highest BCUT2D eigenvalue weighted by Gasteiger charge is 2.27. The van der Waals surface area contributed by atoms with Crippen molar-refractivity contribution in [1.82, 2.24) is 14.8 Å². The number of nitro benzene ring substituents is 1. The zero-order valence-electron chi connectivity index (χ0n) is 17.2. The van der Waals surface area contributed by atoms with E-state index in [9.17, 15) is 10.1 Å². The fraction of sp³-hybridized carbons (Fsp3) is 0.364. The van der Waals surface area contributed by atoms with Crippen molar-refractivity contribution >= 4 is 29.1 Å². The van der Waals surface area contributed by atoms with Gasteiger partial charge in [-0.3, -0.25) is 14.7 Å². The van der Waals surface area contributed by atoms with Crippen LogP contribution in [0.15, 0.2) is 41.6 Å². The predicted molar refractivity (Wildman–Crippen MR) is 121 cm³/mol. The number of nitro groups is 1. The highest BCUT2D eigenvalue weighted by molar-refractivity contribution is 7.98. The molecule has 1 aliphatic heterocycles. The van der Waals surface area contributed by atoms with Crippen LogP contribution in [0.25, 0.3) is 11.4 Å². The molecule has 32 heavy (non-hydrogen) atoms. The topological polar surface area (TPSA) is 92.3 Å². The van der Waals surface area contributed by atoms with E-state index in [-0.39, 0.29) is 17.4 Å². The summed E-state index contributed by atoms with van der Waals surface area (Å²) in [5.41, 5.74) is 2.33. The Hall–Kier alpha value is -2.62. The fourth-order valence-electron chi connectivity index (χ4n) is 4.33. The van der Waals surface area contributed by atoms with Gasteiger partial charge in [0.1, 0.15) is 5.75 Å². The van der Waals surface area contributed by atoms with Crippen LogP contribution >= 0.6 is 23.4 Å². The molecule has 8 nitrogen and oxygen atoms in total. The summed E-state index contributed by atoms with van der Waals surface area (Å²) in [5, 5.41) is 21.8. The van der Waals surface area contributed by atoms with Gasteiger partial charge in [-0.25, -0.2) is 0 Å². The molecule has 3 aromatic rings. The fourth-order valence-corrected chi connectivity index (χ4v) is 5.52. The first-order chi connectivity index (χ1) is 15.6. The van der Waals surface area contributed by atoms with Crippen LogP contribution in [0.4, 0.5) is 5.69 Å². The monoisotopic (exact) mass is 472 g/mol. The summed E-state index contributed by atoms with van der Waals surface area (Å²) in [4.78, 5) is 11.0. The lowest BCUT2D eigenvalue weighted by molar-refractivity contribution is -0.385. The van der Waals surface area contributed by atoms with Crippen LogP contribution < -0.4 is 4.74 Å². The van der Waals surface area contributed by atoms with Crippen LogP contribution in [-0.4, -0.2) is 26.5 Å². The molecule has 1 aliphatic carbocycles. The van der Waals surface area contributed by atoms with Gasteiger partial charge in [0.05, 0.1) is 16.6 Å². The van der Waals surface area contributed by atoms with Gasteiger partial charge in [-0.2, -0.15) is 0 Å². The Bertz CT molecular complexity index is 1160. The van der Waals surface area contributed by atoms with Crippen molar-refractivity contribution in [2.24, 2.45) is 0 Å². The van der Waals surface area contributed by atoms with E-state index >= 15 is 0 Å². The summed E-state index contributed by atoms with van der Waals surface area (Å²) in [6.07, 6.45) is 4.47. The average molecular weight is 473 g/mol. The van der Waals surface area contributed by atoms with Crippen molar-refractivity contribution in [2.45, 2.75) is 49.2 Å². The third kappa shape index (κ3) is 4.07. The van der Waals surface area contributed by atoms with Gasteiger partial charge in [0.25, 0.3) is 5.69 Å². The molecule has 0 amide bonds. The minimum Gasteiger partial charge on any atom is -0.467 e. The van der Waals surface area contributed by atoms with E-state index in [4.69, 9.17) is 21.1 Å². The van der Waals surface area contributed by atoms with Gasteiger partial charge in [0.2, 0.25) is 0 Å². The summed E-state index contributed by atoms with van der Waals surface area (Å²) in [5.74, 6) is 1.89. The number of hydrogen-bond acceptors (Lipinski definition) is 7. The Morgan fingerprint density at radius 2 is 2.03 bits per heavy atom. The van der Waals surface area contributed by atoms with Gasteiger partial charge in [0.15, 0.2) is 17.8 Å². The standard InChI is InChI=1S/C22H21ClN4O4S/c23-19-8-4-3-7-18(19)21-24-25-22(26(21)16-5-1-2-6-16)32-12-15-10-17(27(28)29)9-14-11-30-13-31-20(14)15/h3-4,7-10,16H,1-2,5-6,11-13H2. The normalized spacial score (nSPS) is 16.0. The Balaban J connectivity index is 1.50. The van der Waals surface area contributed by atoms with Gasteiger partial charge >= 0.3 is 0 Å². The van der Waals surface area contributed by atoms with Crippen molar-refractivity contribution in [3.05, 3.63) is 62.7 Å². The Morgan fingerprint density at radius 3 is 2.81 bits per heavy atom. The molecule has 2 heterocycles. The predicted octanol–water partition coefficient (Wildman–Crippen LogP) is 5.78. The first-order valence-electron chi connectivity index (χ1n) is 10.4. The van der Waals surface area contributed by atoms with Crippen LogP contribution in [0, 0.1) is 10.1 Å². The molecule has 10 heteroatoms. The molecule has 0 atom stereocenters. The molecule has 0 unspecified atom stereocenters. The quantitative estimate of drug-likeness (QED) is 0.255. The van der Waals surface area contributed by atoms with Crippen LogP contribution in [0.3, 0.4) is 0 Å². The van der Waals surface area contributed by atoms with Crippen molar-refractivity contribution < 1.29 is 14.4 Å². The molecule has 1 aromatic heterocycles. The van der Waals surface area contributed by atoms with Crippen molar-refractivity contribution in [3.63, 3.8) is 0 Å². The SMILES string of the molecule is O=[N+]([O-])c1cc2c(c(CSc3nnc(-c4ccccc4Cl)n3C3CCCC3)c1)OCOC2. The van der Waals surface area contributed by atoms with Crippen LogP contribution in [-0.2, 0) is 17.1 Å². The van der Waals surface area contributed by atoms with Gasteiger partial charge in [-0.15, -0.1) is 10.2 Å². The summed E-state index contributed by atoms with van der Waals surface area (Å²) < 4.78 is 13.2. The number of fused-ring (bicyclic) bond motifs is 1. The van der Waals surface area contributed by atoms with E-state index in [2.05, 4.69) is 14.8 Å². The van der Waals surface area contributed by atoms with Gasteiger partial charge < -0.3 is 9.47 Å². The van der Waals surface area contributed by atoms with Gasteiger partial charge in [-0.1, -0.05) is 48.3 Å². The van der Waals surface area contributed by atoms with Gasteiger partial charge in [0, 0.05) is 40.6 Å². The maximum atomic E-state index is 11.4. The molecule has 1 saturated carbocycles. The number of benzene rings is 2. The van der Waals surface area contributed by atoms with Crippen molar-refractivity contribution in [1.29, 1.82) is 0 Å². The molecule has 166 valence electrons. The zero-order chi connectivity index (χ0) is 22.1. The number of thioether (sulfide) groups is 1. The highest BCUT2D eigenvalue weighted by Crippen LogP contribution is 2.40. The highest BCUT2D eigenvalue weighted by atomic mass is 35.5. The summed E-state index contributed by atoms with van der Waals surface area (Å²) >= 11 is 7.97. The summed E-state index contributed by atoms with van der Waals surface area (Å²) in [7, 11) is 0. The number of rotatable bonds is 6. The third-order valence-corrected chi connectivity index (χ3v) is 7.13. The number of hydrogen-bond donors (Lipinski definition) is 0. The maximum absolute atomic E-state index is 11.4. The second-order valence-electron chi connectivity index (χ2n) is 7.84. The molecule has 2 aliphatic rings. The molecule has 0 bridgehead atoms. The second-order valence-corrected chi connectivity index (χ2v) is 9.19. The Kier molecular flexibility index (Phi) is 6.03. The molecule has 0 radical (unpaired) electrons. The van der Waals surface area contributed by atoms with E-state index in [1.165, 1.54) is 30.7 Å². The van der Waals surface area contributed by atoms with Crippen molar-refractivity contribution in [2.75, 3.05) is 6.79 Å². The number of halogens is 1. The van der Waals surface area contributed by atoms with Crippen LogP contribution in [0.5, 0.6) is 5.75 Å². The van der Waals surface area contributed by atoms with E-state index in [1.807, 2.05) is 24.3 Å². The zero-order valence-corrected chi connectivity index (χ0v) is 18.8.